The fraction of sp³-hybridized carbons (Fsp3) is 1.00. The topological polar surface area (TPSA) is 3.24 Å². The Hall–Kier alpha value is 0.177. The van der Waals surface area contributed by atoms with Crippen LogP contribution in [0, 0.1) is 0 Å². The van der Waals surface area contributed by atoms with Crippen molar-refractivity contribution < 1.29 is 0 Å². The number of hydrogen-bond donors (Lipinski definition) is 0. The molecule has 0 saturated heterocycles. The molecule has 1 unspecified atom stereocenters. The maximum absolute atomic E-state index is 2.77. The molecule has 78 valence electrons. The van der Waals surface area contributed by atoms with Gasteiger partial charge < -0.3 is 4.90 Å². The molecule has 0 aromatic carbocycles. The summed E-state index contributed by atoms with van der Waals surface area (Å²) in [7, 11) is 1.33. The van der Waals surface area contributed by atoms with Gasteiger partial charge in [0, 0.05) is 22.3 Å². The minimum atomic E-state index is 0.820. The van der Waals surface area contributed by atoms with Crippen molar-refractivity contribution in [3.63, 3.8) is 0 Å². The van der Waals surface area contributed by atoms with E-state index in [9.17, 15) is 0 Å². The highest BCUT2D eigenvalue weighted by atomic mass is 28.1. The number of nitrogens with zero attached hydrogens (tertiary/aromatic N) is 1. The summed E-state index contributed by atoms with van der Waals surface area (Å²) in [6.07, 6.45) is 10.0. The van der Waals surface area contributed by atoms with Crippen LogP contribution >= 0.6 is 0 Å². The molecule has 1 fully saturated rings. The van der Waals surface area contributed by atoms with Crippen molar-refractivity contribution in [3.05, 3.63) is 0 Å². The summed E-state index contributed by atoms with van der Waals surface area (Å²) in [5.41, 5.74) is 0. The molecular weight excluding hydrogens is 174 g/mol. The summed E-state index contributed by atoms with van der Waals surface area (Å²) >= 11 is 0. The predicted molar refractivity (Wildman–Crippen MR) is 63.3 cm³/mol. The molecule has 2 heteroatoms. The first-order chi connectivity index (χ1) is 6.29. The second-order valence-electron chi connectivity index (χ2n) is 4.38. The van der Waals surface area contributed by atoms with E-state index in [4.69, 9.17) is 0 Å². The Labute approximate surface area is 86.3 Å². The van der Waals surface area contributed by atoms with Gasteiger partial charge in [0.1, 0.15) is 0 Å². The first-order valence-electron chi connectivity index (χ1n) is 6.05. The first-order valence-corrected chi connectivity index (χ1v) is 7.46. The summed E-state index contributed by atoms with van der Waals surface area (Å²) < 4.78 is 0. The van der Waals surface area contributed by atoms with E-state index in [1.54, 1.807) is 0 Å². The molecule has 1 aliphatic rings. The van der Waals surface area contributed by atoms with Gasteiger partial charge in [0.05, 0.1) is 0 Å². The van der Waals surface area contributed by atoms with Gasteiger partial charge in [-0.3, -0.25) is 0 Å². The van der Waals surface area contributed by atoms with Crippen LogP contribution in [0.15, 0.2) is 0 Å². The van der Waals surface area contributed by atoms with Crippen molar-refractivity contribution in [1.82, 2.24) is 4.90 Å². The smallest absolute Gasteiger partial charge is 0.0205 e. The number of rotatable bonds is 4. The van der Waals surface area contributed by atoms with E-state index in [2.05, 4.69) is 18.7 Å². The van der Waals surface area contributed by atoms with E-state index < -0.39 is 0 Å². The highest BCUT2D eigenvalue weighted by Gasteiger charge is 2.22. The Balaban J connectivity index is 2.43. The lowest BCUT2D eigenvalue weighted by molar-refractivity contribution is 0.133. The van der Waals surface area contributed by atoms with Gasteiger partial charge in [-0.15, -0.1) is 0 Å². The zero-order valence-corrected chi connectivity index (χ0v) is 11.6. The standard InChI is InChI=1S/C11H25NSi/c1-3-10(2)12(9-13)11-7-5-4-6-8-11/h10-11H,3-9H2,1-2,13H3. The van der Waals surface area contributed by atoms with Gasteiger partial charge in [-0.1, -0.05) is 26.2 Å². The van der Waals surface area contributed by atoms with Crippen LogP contribution in [-0.4, -0.2) is 33.4 Å². The SMILES string of the molecule is CCC(C)N(C[SiH3])C1CCCCC1. The second-order valence-corrected chi connectivity index (χ2v) is 5.01. The Morgan fingerprint density at radius 1 is 1.31 bits per heavy atom. The average Bonchev–Trinajstić information content (AvgIpc) is 2.20. The minimum absolute atomic E-state index is 0.820. The van der Waals surface area contributed by atoms with Crippen molar-refractivity contribution in [3.8, 4) is 0 Å². The van der Waals surface area contributed by atoms with Crippen LogP contribution in [0.5, 0.6) is 0 Å². The highest BCUT2D eigenvalue weighted by Crippen LogP contribution is 2.24. The van der Waals surface area contributed by atoms with Crippen LogP contribution in [-0.2, 0) is 0 Å². The molecule has 1 rings (SSSR count). The third-order valence-electron chi connectivity index (χ3n) is 3.57. The van der Waals surface area contributed by atoms with Gasteiger partial charge in [-0.25, -0.2) is 0 Å². The van der Waals surface area contributed by atoms with Crippen molar-refractivity contribution >= 4 is 10.2 Å². The minimum Gasteiger partial charge on any atom is -0.301 e. The highest BCUT2D eigenvalue weighted by molar-refractivity contribution is 6.08. The van der Waals surface area contributed by atoms with Crippen LogP contribution < -0.4 is 0 Å². The summed E-state index contributed by atoms with van der Waals surface area (Å²) in [5, 5.41) is 0. The second kappa shape index (κ2) is 5.81. The van der Waals surface area contributed by atoms with Crippen molar-refractivity contribution in [2.45, 2.75) is 64.5 Å². The Bertz CT molecular complexity index is 132. The van der Waals surface area contributed by atoms with E-state index >= 15 is 0 Å². The zero-order chi connectivity index (χ0) is 9.68. The summed E-state index contributed by atoms with van der Waals surface area (Å²) in [6, 6.07) is 1.75. The molecule has 0 bridgehead atoms. The lowest BCUT2D eigenvalue weighted by Gasteiger charge is -2.37. The van der Waals surface area contributed by atoms with Gasteiger partial charge in [-0.05, 0) is 32.4 Å². The maximum Gasteiger partial charge on any atom is 0.0205 e. The quantitative estimate of drug-likeness (QED) is 0.624. The van der Waals surface area contributed by atoms with Gasteiger partial charge >= 0.3 is 0 Å². The zero-order valence-electron chi connectivity index (χ0n) is 9.55. The molecule has 0 aromatic heterocycles. The van der Waals surface area contributed by atoms with Crippen molar-refractivity contribution in [2.24, 2.45) is 0 Å². The van der Waals surface area contributed by atoms with Crippen LogP contribution in [0.4, 0.5) is 0 Å². The van der Waals surface area contributed by atoms with Gasteiger partial charge in [-0.2, -0.15) is 0 Å². The van der Waals surface area contributed by atoms with Crippen LogP contribution in [0.1, 0.15) is 52.4 Å². The third kappa shape index (κ3) is 3.10. The molecule has 0 heterocycles. The molecule has 0 spiro atoms. The van der Waals surface area contributed by atoms with E-state index in [0.29, 0.717) is 0 Å². The Morgan fingerprint density at radius 3 is 2.38 bits per heavy atom. The molecule has 0 aromatic rings. The lowest BCUT2D eigenvalue weighted by Crippen LogP contribution is -2.43. The molecule has 0 radical (unpaired) electrons. The fourth-order valence-electron chi connectivity index (χ4n) is 2.58. The fourth-order valence-corrected chi connectivity index (χ4v) is 3.72. The number of hydrogen-bond acceptors (Lipinski definition) is 1. The Morgan fingerprint density at radius 2 is 1.92 bits per heavy atom. The Kier molecular flexibility index (Phi) is 5.03. The summed E-state index contributed by atoms with van der Waals surface area (Å²) in [5.74, 6) is 0. The molecule has 13 heavy (non-hydrogen) atoms. The monoisotopic (exact) mass is 199 g/mol. The van der Waals surface area contributed by atoms with E-state index in [1.807, 2.05) is 0 Å². The molecule has 1 saturated carbocycles. The normalized spacial score (nSPS) is 22.4. The predicted octanol–water partition coefficient (Wildman–Crippen LogP) is 1.74. The molecule has 1 atom stereocenters. The summed E-state index contributed by atoms with van der Waals surface area (Å²) in [6.45, 7) is 4.71. The largest absolute Gasteiger partial charge is 0.301 e. The molecule has 1 aliphatic carbocycles. The molecule has 0 N–H and O–H groups in total. The average molecular weight is 199 g/mol. The first kappa shape index (κ1) is 11.3. The molecular formula is C11H25NSi. The third-order valence-corrected chi connectivity index (χ3v) is 4.30. The van der Waals surface area contributed by atoms with Crippen molar-refractivity contribution in [1.29, 1.82) is 0 Å². The van der Waals surface area contributed by atoms with E-state index in [1.165, 1.54) is 54.9 Å². The van der Waals surface area contributed by atoms with E-state index in [-0.39, 0.29) is 0 Å². The lowest BCUT2D eigenvalue weighted by atomic mass is 9.93. The van der Waals surface area contributed by atoms with Crippen molar-refractivity contribution in [2.75, 3.05) is 6.17 Å². The van der Waals surface area contributed by atoms with E-state index in [0.717, 1.165) is 12.1 Å². The molecule has 1 nitrogen and oxygen atoms in total. The molecule has 0 aliphatic heterocycles. The van der Waals surface area contributed by atoms with Gasteiger partial charge in [0.25, 0.3) is 0 Å². The van der Waals surface area contributed by atoms with Crippen LogP contribution in [0.3, 0.4) is 0 Å². The maximum atomic E-state index is 2.77. The van der Waals surface area contributed by atoms with Crippen LogP contribution in [0.2, 0.25) is 0 Å². The molecule has 0 amide bonds. The van der Waals surface area contributed by atoms with Gasteiger partial charge in [0.2, 0.25) is 0 Å². The van der Waals surface area contributed by atoms with Gasteiger partial charge in [0.15, 0.2) is 0 Å². The summed E-state index contributed by atoms with van der Waals surface area (Å²) in [4.78, 5) is 2.77. The van der Waals surface area contributed by atoms with Crippen LogP contribution in [0.25, 0.3) is 0 Å².